The van der Waals surface area contributed by atoms with Gasteiger partial charge in [-0.15, -0.1) is 0 Å². The van der Waals surface area contributed by atoms with Crippen molar-refractivity contribution >= 4 is 63.3 Å². The molecule has 2 aromatic heterocycles. The van der Waals surface area contributed by atoms with Gasteiger partial charge < -0.3 is 20.9 Å². The summed E-state index contributed by atoms with van der Waals surface area (Å²) < 4.78 is 0. The average Bonchev–Trinajstić information content (AvgIpc) is 3.45. The van der Waals surface area contributed by atoms with Gasteiger partial charge in [0.2, 0.25) is 17.7 Å². The third-order valence-electron chi connectivity index (χ3n) is 10.6. The minimum atomic E-state index is -0.696. The number of carbonyl (C=O) groups is 5. The second-order valence-corrected chi connectivity index (χ2v) is 14.8. The smallest absolute Gasteiger partial charge is 0.269 e. The van der Waals surface area contributed by atoms with E-state index in [1.165, 1.54) is 4.90 Å². The Morgan fingerprint density at radius 1 is 0.947 bits per heavy atom. The van der Waals surface area contributed by atoms with Gasteiger partial charge in [0.1, 0.15) is 11.7 Å². The molecule has 0 spiro atoms. The maximum atomic E-state index is 13.1. The van der Waals surface area contributed by atoms with Gasteiger partial charge in [0.15, 0.2) is 0 Å². The van der Waals surface area contributed by atoms with Crippen LogP contribution in [-0.4, -0.2) is 63.0 Å². The first-order valence-corrected chi connectivity index (χ1v) is 19.3. The van der Waals surface area contributed by atoms with Crippen molar-refractivity contribution < 1.29 is 24.0 Å². The minimum Gasteiger partial charge on any atom is -0.380 e. The number of fused-ring (bicyclic) bond motifs is 3. The molecule has 3 aliphatic rings. The lowest BCUT2D eigenvalue weighted by Crippen LogP contribution is -2.52. The molecule has 0 bridgehead atoms. The molecule has 3 aliphatic heterocycles. The first-order chi connectivity index (χ1) is 27.6. The Labute approximate surface area is 333 Å². The topological polar surface area (TPSA) is 162 Å². The lowest BCUT2D eigenvalue weighted by Gasteiger charge is -2.29. The van der Waals surface area contributed by atoms with Crippen LogP contribution in [0.15, 0.2) is 73.1 Å². The molecule has 0 radical (unpaired) electrons. The molecule has 4 N–H and O–H groups in total. The average molecular weight is 780 g/mol. The summed E-state index contributed by atoms with van der Waals surface area (Å²) in [5.74, 6) is 4.76. The molecule has 0 aliphatic carbocycles. The number of piperidine rings is 1. The van der Waals surface area contributed by atoms with Crippen molar-refractivity contribution in [2.45, 2.75) is 64.6 Å². The second kappa shape index (κ2) is 15.5. The molecule has 57 heavy (non-hydrogen) atoms. The maximum absolute atomic E-state index is 13.1. The van der Waals surface area contributed by atoms with Crippen LogP contribution in [0.3, 0.4) is 0 Å². The zero-order valence-electron chi connectivity index (χ0n) is 31.3. The van der Waals surface area contributed by atoms with Crippen LogP contribution in [0.25, 0.3) is 33.2 Å². The van der Waals surface area contributed by atoms with Crippen LogP contribution in [0, 0.1) is 11.8 Å². The summed E-state index contributed by atoms with van der Waals surface area (Å²) in [6.07, 6.45) is 5.30. The van der Waals surface area contributed by atoms with Crippen molar-refractivity contribution in [2.75, 3.05) is 17.2 Å². The Balaban J connectivity index is 0.929. The largest absolute Gasteiger partial charge is 0.380 e. The zero-order valence-corrected chi connectivity index (χ0v) is 32.0. The van der Waals surface area contributed by atoms with E-state index in [1.54, 1.807) is 24.4 Å². The summed E-state index contributed by atoms with van der Waals surface area (Å²) in [5.41, 5.74) is 7.88. The van der Waals surface area contributed by atoms with Crippen molar-refractivity contribution in [1.29, 1.82) is 0 Å². The van der Waals surface area contributed by atoms with Crippen molar-refractivity contribution in [3.05, 3.63) is 106 Å². The zero-order chi connectivity index (χ0) is 39.8. The summed E-state index contributed by atoms with van der Waals surface area (Å²) in [6.45, 7) is 4.53. The molecule has 5 heterocycles. The highest BCUT2D eigenvalue weighted by atomic mass is 35.5. The van der Waals surface area contributed by atoms with Crippen molar-refractivity contribution in [3.8, 4) is 34.2 Å². The van der Waals surface area contributed by atoms with Crippen molar-refractivity contribution in [3.63, 3.8) is 0 Å². The van der Waals surface area contributed by atoms with Gasteiger partial charge in [-0.3, -0.25) is 39.3 Å². The Kier molecular flexibility index (Phi) is 10.2. The first-order valence-electron chi connectivity index (χ1n) is 18.9. The van der Waals surface area contributed by atoms with Gasteiger partial charge in [-0.05, 0) is 78.2 Å². The number of aromatic nitrogens is 2. The Morgan fingerprint density at radius 3 is 2.56 bits per heavy atom. The number of benzene rings is 3. The van der Waals surface area contributed by atoms with Crippen molar-refractivity contribution in [1.82, 2.24) is 25.5 Å². The molecule has 0 saturated carbocycles. The molecular weight excluding hydrogens is 742 g/mol. The predicted molar refractivity (Wildman–Crippen MR) is 217 cm³/mol. The van der Waals surface area contributed by atoms with Crippen LogP contribution in [0.4, 0.5) is 11.4 Å². The molecule has 8 rings (SSSR count). The van der Waals surface area contributed by atoms with Crippen LogP contribution >= 0.6 is 11.6 Å². The lowest BCUT2D eigenvalue weighted by molar-refractivity contribution is -0.137. The van der Waals surface area contributed by atoms with Crippen LogP contribution in [0.1, 0.15) is 77.1 Å². The molecule has 2 atom stereocenters. The predicted octanol–water partition coefficient (Wildman–Crippen LogP) is 6.25. The van der Waals surface area contributed by atoms with Gasteiger partial charge in [-0.2, -0.15) is 0 Å². The van der Waals surface area contributed by atoms with E-state index < -0.39 is 11.9 Å². The molecule has 3 aromatic carbocycles. The Bertz CT molecular complexity index is 2580. The van der Waals surface area contributed by atoms with Crippen molar-refractivity contribution in [2.24, 2.45) is 0 Å². The van der Waals surface area contributed by atoms with Gasteiger partial charge in [0, 0.05) is 83.5 Å². The molecule has 286 valence electrons. The van der Waals surface area contributed by atoms with Gasteiger partial charge >= 0.3 is 0 Å². The highest BCUT2D eigenvalue weighted by molar-refractivity contribution is 6.33. The number of carbonyl (C=O) groups excluding carboxylic acids is 5. The lowest BCUT2D eigenvalue weighted by atomic mass is 9.94. The third-order valence-corrected chi connectivity index (χ3v) is 10.9. The van der Waals surface area contributed by atoms with E-state index in [0.29, 0.717) is 47.5 Å². The van der Waals surface area contributed by atoms with Gasteiger partial charge in [-0.25, -0.2) is 0 Å². The summed E-state index contributed by atoms with van der Waals surface area (Å²) in [5, 5.41) is 14.3. The Morgan fingerprint density at radius 2 is 1.77 bits per heavy atom. The fourth-order valence-electron chi connectivity index (χ4n) is 7.74. The standard InChI is InChI=1S/C44H38ClN7O5/c1-3-28-34(45)20-31(41-40(28)50-39(54)18-24(2)49-41)29-11-7-10-26-19-36(48-22-32(26)29)27-13-14-35(47-21-27)42(55)46-17-5-4-8-25-9-6-12-30-33(25)23-52(44(30)57)37-15-16-38(53)51-43(37)56/h6-7,9-14,19-22,24,37,49H,3,5,15-18,23H2,1-2H3,(H,46,55)(H,50,54)(H,51,53,56)/t24-,37?/m1/s1. The van der Waals surface area contributed by atoms with E-state index in [0.717, 1.165) is 50.0 Å². The monoisotopic (exact) mass is 779 g/mol. The number of halogens is 1. The number of imide groups is 1. The first kappa shape index (κ1) is 37.3. The molecule has 1 saturated heterocycles. The van der Waals surface area contributed by atoms with Crippen LogP contribution in [0.2, 0.25) is 5.02 Å². The number of anilines is 2. The van der Waals surface area contributed by atoms with Crippen LogP contribution < -0.4 is 21.3 Å². The molecule has 12 nitrogen and oxygen atoms in total. The maximum Gasteiger partial charge on any atom is 0.269 e. The Hall–Kier alpha value is -6.58. The van der Waals surface area contributed by atoms with E-state index in [4.69, 9.17) is 16.6 Å². The molecule has 5 aromatic rings. The van der Waals surface area contributed by atoms with E-state index >= 15 is 0 Å². The number of pyridine rings is 2. The van der Waals surface area contributed by atoms with Crippen LogP contribution in [0.5, 0.6) is 0 Å². The van der Waals surface area contributed by atoms with E-state index in [1.807, 2.05) is 62.5 Å². The van der Waals surface area contributed by atoms with E-state index in [2.05, 4.69) is 38.1 Å². The molecule has 5 amide bonds. The summed E-state index contributed by atoms with van der Waals surface area (Å²) in [7, 11) is 0. The molecule has 1 fully saturated rings. The fourth-order valence-corrected chi connectivity index (χ4v) is 8.07. The number of nitrogens with zero attached hydrogens (tertiary/aromatic N) is 3. The normalized spacial score (nSPS) is 17.4. The van der Waals surface area contributed by atoms with E-state index in [9.17, 15) is 24.0 Å². The molecular formula is C44H38ClN7O5. The summed E-state index contributed by atoms with van der Waals surface area (Å²) >= 11 is 6.80. The number of hydrogen-bond donors (Lipinski definition) is 4. The molecule has 13 heteroatoms. The summed E-state index contributed by atoms with van der Waals surface area (Å²) in [6, 6.07) is 18.0. The fraction of sp³-hybridized carbons (Fsp3) is 0.250. The van der Waals surface area contributed by atoms with Crippen LogP contribution in [-0.2, 0) is 27.3 Å². The van der Waals surface area contributed by atoms with Gasteiger partial charge in [-0.1, -0.05) is 54.6 Å². The molecule has 1 unspecified atom stereocenters. The quantitative estimate of drug-likeness (QED) is 0.0856. The SMILES string of the molecule is CCc1c(Cl)cc(-c2cccc3cc(-c4ccc(C(=O)NCCC#Cc5cccc6c5CN(C5CCC(=O)NC5=O)C6=O)nc4)ncc23)c2c1NC(=O)C[C@@H](C)N2. The van der Waals surface area contributed by atoms with Gasteiger partial charge in [0.25, 0.3) is 11.8 Å². The highest BCUT2D eigenvalue weighted by Crippen LogP contribution is 2.45. The minimum absolute atomic E-state index is 0.0572. The van der Waals surface area contributed by atoms with Gasteiger partial charge in [0.05, 0.1) is 17.1 Å². The second-order valence-electron chi connectivity index (χ2n) is 14.4. The number of amides is 5. The number of nitrogens with one attached hydrogen (secondary N) is 4. The summed E-state index contributed by atoms with van der Waals surface area (Å²) in [4.78, 5) is 73.4. The van der Waals surface area contributed by atoms with E-state index in [-0.39, 0.29) is 54.9 Å². The number of hydrogen-bond acceptors (Lipinski definition) is 8. The highest BCUT2D eigenvalue weighted by Gasteiger charge is 2.39. The third kappa shape index (κ3) is 7.30. The number of rotatable bonds is 7.